The zero-order valence-corrected chi connectivity index (χ0v) is 11.4. The second-order valence-corrected chi connectivity index (χ2v) is 5.98. The first-order valence-electron chi connectivity index (χ1n) is 6.98. The van der Waals surface area contributed by atoms with Crippen LogP contribution in [0.3, 0.4) is 0 Å². The van der Waals surface area contributed by atoms with Crippen molar-refractivity contribution in [1.82, 2.24) is 25.0 Å². The highest BCUT2D eigenvalue weighted by Gasteiger charge is 2.42. The Morgan fingerprint density at radius 2 is 2.33 bits per heavy atom. The van der Waals surface area contributed by atoms with Crippen LogP contribution in [0.4, 0.5) is 0 Å². The third kappa shape index (κ3) is 2.42. The summed E-state index contributed by atoms with van der Waals surface area (Å²) in [7, 11) is 1.97. The fraction of sp³-hybridized carbons (Fsp3) is 0.846. The highest BCUT2D eigenvalue weighted by molar-refractivity contribution is 5.01. The lowest BCUT2D eigenvalue weighted by Crippen LogP contribution is -2.50. The fourth-order valence-corrected chi connectivity index (χ4v) is 3.07. The van der Waals surface area contributed by atoms with Gasteiger partial charge in [-0.3, -0.25) is 9.58 Å². The maximum atomic E-state index is 4.34. The van der Waals surface area contributed by atoms with Crippen LogP contribution in [0.2, 0.25) is 0 Å². The van der Waals surface area contributed by atoms with Gasteiger partial charge in [-0.25, -0.2) is 4.98 Å². The molecule has 1 atom stereocenters. The van der Waals surface area contributed by atoms with Gasteiger partial charge >= 0.3 is 0 Å². The summed E-state index contributed by atoms with van der Waals surface area (Å²) in [5.74, 6) is 1.94. The molecule has 1 aromatic rings. The van der Waals surface area contributed by atoms with Gasteiger partial charge in [0.25, 0.3) is 0 Å². The average molecular weight is 249 g/mol. The molecule has 1 unspecified atom stereocenters. The summed E-state index contributed by atoms with van der Waals surface area (Å²) in [4.78, 5) is 6.87. The van der Waals surface area contributed by atoms with Crippen molar-refractivity contribution in [1.29, 1.82) is 0 Å². The zero-order chi connectivity index (χ0) is 12.6. The lowest BCUT2D eigenvalue weighted by molar-refractivity contribution is 0.189. The molecule has 100 valence electrons. The predicted octanol–water partition coefficient (Wildman–Crippen LogP) is 0.779. The highest BCUT2D eigenvalue weighted by Crippen LogP contribution is 2.40. The Bertz CT molecular complexity index is 411. The first-order valence-corrected chi connectivity index (χ1v) is 6.98. The average Bonchev–Trinajstić information content (AvgIpc) is 3.12. The number of nitrogens with one attached hydrogen (secondary N) is 1. The molecular weight excluding hydrogens is 226 g/mol. The molecule has 2 aliphatic rings. The lowest BCUT2D eigenvalue weighted by Gasteiger charge is -2.33. The van der Waals surface area contributed by atoms with Gasteiger partial charge < -0.3 is 5.32 Å². The van der Waals surface area contributed by atoms with E-state index < -0.39 is 0 Å². The molecule has 18 heavy (non-hydrogen) atoms. The molecule has 2 fully saturated rings. The minimum absolute atomic E-state index is 0.301. The third-order valence-electron chi connectivity index (χ3n) is 4.38. The zero-order valence-electron chi connectivity index (χ0n) is 11.4. The second kappa shape index (κ2) is 4.63. The van der Waals surface area contributed by atoms with Crippen LogP contribution in [0.1, 0.15) is 32.0 Å². The van der Waals surface area contributed by atoms with Crippen LogP contribution in [0.5, 0.6) is 0 Å². The minimum Gasteiger partial charge on any atom is -0.310 e. The molecule has 1 aromatic heterocycles. The summed E-state index contributed by atoms with van der Waals surface area (Å²) in [5.41, 5.74) is 0.301. The first kappa shape index (κ1) is 12.1. The van der Waals surface area contributed by atoms with E-state index in [1.54, 1.807) is 6.33 Å². The van der Waals surface area contributed by atoms with Gasteiger partial charge in [-0.15, -0.1) is 0 Å². The number of nitrogens with zero attached hydrogens (tertiary/aromatic N) is 4. The topological polar surface area (TPSA) is 46.0 Å². The Hall–Kier alpha value is -0.940. The van der Waals surface area contributed by atoms with Crippen LogP contribution in [0, 0.1) is 5.92 Å². The van der Waals surface area contributed by atoms with Crippen molar-refractivity contribution in [2.45, 2.75) is 38.3 Å². The van der Waals surface area contributed by atoms with Crippen molar-refractivity contribution in [3.8, 4) is 0 Å². The van der Waals surface area contributed by atoms with E-state index in [4.69, 9.17) is 0 Å². The summed E-state index contributed by atoms with van der Waals surface area (Å²) in [6.45, 7) is 6.73. The van der Waals surface area contributed by atoms with Crippen molar-refractivity contribution < 1.29 is 0 Å². The summed E-state index contributed by atoms with van der Waals surface area (Å²) in [6.07, 6.45) is 5.65. The van der Waals surface area contributed by atoms with Crippen molar-refractivity contribution in [2.75, 3.05) is 19.6 Å². The molecule has 1 saturated carbocycles. The Morgan fingerprint density at radius 3 is 3.00 bits per heavy atom. The molecule has 1 aliphatic carbocycles. The van der Waals surface area contributed by atoms with E-state index in [0.717, 1.165) is 37.9 Å². The smallest absolute Gasteiger partial charge is 0.140 e. The van der Waals surface area contributed by atoms with E-state index in [2.05, 4.69) is 27.2 Å². The van der Waals surface area contributed by atoms with E-state index in [1.807, 2.05) is 11.7 Å². The number of hydrogen-bond acceptors (Lipinski definition) is 4. The predicted molar refractivity (Wildman–Crippen MR) is 70.0 cm³/mol. The van der Waals surface area contributed by atoms with Crippen molar-refractivity contribution in [3.05, 3.63) is 12.2 Å². The minimum atomic E-state index is 0.301. The second-order valence-electron chi connectivity index (χ2n) is 5.98. The van der Waals surface area contributed by atoms with Crippen molar-refractivity contribution in [3.63, 3.8) is 0 Å². The number of aromatic nitrogens is 3. The molecule has 0 bridgehead atoms. The monoisotopic (exact) mass is 249 g/mol. The van der Waals surface area contributed by atoms with Crippen LogP contribution >= 0.6 is 0 Å². The highest BCUT2D eigenvalue weighted by atomic mass is 15.3. The SMILES string of the molecule is Cn1ncnc1CN1CCCNC(C)(C2CC2)C1. The summed E-state index contributed by atoms with van der Waals surface area (Å²) in [6, 6.07) is 0. The van der Waals surface area contributed by atoms with Crippen molar-refractivity contribution in [2.24, 2.45) is 13.0 Å². The maximum Gasteiger partial charge on any atom is 0.140 e. The maximum absolute atomic E-state index is 4.34. The largest absolute Gasteiger partial charge is 0.310 e. The molecular formula is C13H23N5. The van der Waals surface area contributed by atoms with Crippen LogP contribution in [0.25, 0.3) is 0 Å². The molecule has 1 saturated heterocycles. The van der Waals surface area contributed by atoms with E-state index in [1.165, 1.54) is 19.3 Å². The molecule has 0 amide bonds. The Balaban J connectivity index is 1.69. The van der Waals surface area contributed by atoms with Crippen molar-refractivity contribution >= 4 is 0 Å². The Kier molecular flexibility index (Phi) is 3.11. The van der Waals surface area contributed by atoms with E-state index in [-0.39, 0.29) is 0 Å². The van der Waals surface area contributed by atoms with Gasteiger partial charge in [-0.05, 0) is 45.2 Å². The summed E-state index contributed by atoms with van der Waals surface area (Å²) in [5, 5.41) is 7.91. The van der Waals surface area contributed by atoms with Gasteiger partial charge in [-0.1, -0.05) is 0 Å². The van der Waals surface area contributed by atoms with Gasteiger partial charge in [0, 0.05) is 19.1 Å². The molecule has 5 heteroatoms. The van der Waals surface area contributed by atoms with Crippen LogP contribution in [0.15, 0.2) is 6.33 Å². The Labute approximate surface area is 109 Å². The van der Waals surface area contributed by atoms with Gasteiger partial charge in [0.05, 0.1) is 6.54 Å². The van der Waals surface area contributed by atoms with E-state index in [9.17, 15) is 0 Å². The molecule has 3 rings (SSSR count). The first-order chi connectivity index (χ1) is 8.67. The lowest BCUT2D eigenvalue weighted by atomic mass is 9.95. The standard InChI is InChI=1S/C13H23N5/c1-13(11-4-5-11)9-18(7-3-6-15-13)8-12-14-10-16-17(12)2/h10-11,15H,3-9H2,1-2H3. The molecule has 0 spiro atoms. The molecule has 5 nitrogen and oxygen atoms in total. The molecule has 0 radical (unpaired) electrons. The third-order valence-corrected chi connectivity index (χ3v) is 4.38. The summed E-state index contributed by atoms with van der Waals surface area (Å²) >= 11 is 0. The number of aryl methyl sites for hydroxylation is 1. The molecule has 0 aromatic carbocycles. The van der Waals surface area contributed by atoms with Gasteiger partial charge in [-0.2, -0.15) is 5.10 Å². The molecule has 1 aliphatic heterocycles. The number of hydrogen-bond donors (Lipinski definition) is 1. The van der Waals surface area contributed by atoms with E-state index >= 15 is 0 Å². The Morgan fingerprint density at radius 1 is 1.50 bits per heavy atom. The summed E-state index contributed by atoms with van der Waals surface area (Å²) < 4.78 is 1.88. The van der Waals surface area contributed by atoms with Gasteiger partial charge in [0.1, 0.15) is 12.2 Å². The van der Waals surface area contributed by atoms with Crippen LogP contribution in [-0.2, 0) is 13.6 Å². The fourth-order valence-electron chi connectivity index (χ4n) is 3.07. The van der Waals surface area contributed by atoms with Crippen LogP contribution in [-0.4, -0.2) is 44.8 Å². The normalized spacial score (nSPS) is 30.3. The number of rotatable bonds is 3. The van der Waals surface area contributed by atoms with Crippen LogP contribution < -0.4 is 5.32 Å². The quantitative estimate of drug-likeness (QED) is 0.860. The molecule has 2 heterocycles. The van der Waals surface area contributed by atoms with Gasteiger partial charge in [0.15, 0.2) is 0 Å². The van der Waals surface area contributed by atoms with E-state index in [0.29, 0.717) is 5.54 Å². The molecule has 1 N–H and O–H groups in total. The van der Waals surface area contributed by atoms with Gasteiger partial charge in [0.2, 0.25) is 0 Å².